The molecule has 1 saturated heterocycles. The zero-order valence-electron chi connectivity index (χ0n) is 10.3. The zero-order valence-corrected chi connectivity index (χ0v) is 11.0. The second-order valence-corrected chi connectivity index (χ2v) is 4.87. The van der Waals surface area contributed by atoms with Crippen molar-refractivity contribution in [2.75, 3.05) is 11.9 Å². The van der Waals surface area contributed by atoms with E-state index in [2.05, 4.69) is 5.32 Å². The zero-order chi connectivity index (χ0) is 13.1. The summed E-state index contributed by atoms with van der Waals surface area (Å²) in [6, 6.07) is 5.43. The Morgan fingerprint density at radius 2 is 2.33 bits per heavy atom. The van der Waals surface area contributed by atoms with E-state index >= 15 is 0 Å². The Bertz CT molecular complexity index is 451. The molecule has 18 heavy (non-hydrogen) atoms. The first-order valence-electron chi connectivity index (χ1n) is 6.03. The second-order valence-electron chi connectivity index (χ2n) is 4.46. The number of rotatable bonds is 3. The maximum Gasteiger partial charge on any atom is 0.253 e. The van der Waals surface area contributed by atoms with Gasteiger partial charge >= 0.3 is 0 Å². The van der Waals surface area contributed by atoms with Gasteiger partial charge in [-0.3, -0.25) is 4.79 Å². The predicted octanol–water partition coefficient (Wildman–Crippen LogP) is 2.09. The number of anilines is 1. The average Bonchev–Trinajstić information content (AvgIpc) is 2.83. The van der Waals surface area contributed by atoms with Gasteiger partial charge in [-0.25, -0.2) is 0 Å². The summed E-state index contributed by atoms with van der Waals surface area (Å²) in [6.45, 7) is 2.33. The first-order chi connectivity index (χ1) is 8.61. The number of nitrogens with two attached hydrogens (primary N) is 1. The Morgan fingerprint density at radius 3 is 3.00 bits per heavy atom. The van der Waals surface area contributed by atoms with Crippen LogP contribution in [0, 0.1) is 6.92 Å². The summed E-state index contributed by atoms with van der Waals surface area (Å²) >= 11 is 6.00. The maximum atomic E-state index is 12.0. The molecule has 1 aliphatic heterocycles. The Kier molecular flexibility index (Phi) is 4.22. The Labute approximate surface area is 111 Å². The molecule has 98 valence electrons. The van der Waals surface area contributed by atoms with Crippen LogP contribution >= 0.6 is 11.6 Å². The van der Waals surface area contributed by atoms with Crippen LogP contribution in [-0.2, 0) is 9.53 Å². The van der Waals surface area contributed by atoms with Crippen LogP contribution in [-0.4, -0.2) is 24.7 Å². The summed E-state index contributed by atoms with van der Waals surface area (Å²) < 4.78 is 5.54. The molecule has 0 bridgehead atoms. The first kappa shape index (κ1) is 13.3. The van der Waals surface area contributed by atoms with Gasteiger partial charge < -0.3 is 15.8 Å². The lowest BCUT2D eigenvalue weighted by Crippen LogP contribution is -2.30. The molecule has 2 atom stereocenters. The highest BCUT2D eigenvalue weighted by Gasteiger charge is 2.30. The van der Waals surface area contributed by atoms with Crippen molar-refractivity contribution in [1.29, 1.82) is 0 Å². The third-order valence-electron chi connectivity index (χ3n) is 3.19. The largest absolute Gasteiger partial charge is 0.364 e. The summed E-state index contributed by atoms with van der Waals surface area (Å²) in [4.78, 5) is 12.0. The second kappa shape index (κ2) is 5.69. The quantitative estimate of drug-likeness (QED) is 0.882. The van der Waals surface area contributed by atoms with E-state index in [4.69, 9.17) is 22.1 Å². The lowest BCUT2D eigenvalue weighted by Gasteiger charge is -2.14. The van der Waals surface area contributed by atoms with Gasteiger partial charge in [0, 0.05) is 17.3 Å². The van der Waals surface area contributed by atoms with Crippen molar-refractivity contribution < 1.29 is 9.53 Å². The van der Waals surface area contributed by atoms with E-state index in [1.165, 1.54) is 0 Å². The summed E-state index contributed by atoms with van der Waals surface area (Å²) in [5.41, 5.74) is 7.11. The lowest BCUT2D eigenvalue weighted by atomic mass is 10.1. The highest BCUT2D eigenvalue weighted by atomic mass is 35.5. The van der Waals surface area contributed by atoms with E-state index in [0.717, 1.165) is 17.7 Å². The van der Waals surface area contributed by atoms with Gasteiger partial charge in [0.25, 0.3) is 5.91 Å². The molecule has 1 aromatic rings. The van der Waals surface area contributed by atoms with Crippen molar-refractivity contribution in [2.45, 2.75) is 32.0 Å². The lowest BCUT2D eigenvalue weighted by molar-refractivity contribution is -0.126. The monoisotopic (exact) mass is 268 g/mol. The third kappa shape index (κ3) is 2.83. The van der Waals surface area contributed by atoms with Crippen LogP contribution in [0.5, 0.6) is 0 Å². The Hall–Kier alpha value is -1.10. The fraction of sp³-hybridized carbons (Fsp3) is 0.462. The molecule has 0 radical (unpaired) electrons. The molecule has 1 aromatic carbocycles. The SMILES string of the molecule is Cc1c(Cl)cccc1NC(=O)[C@@H]1CC[C@H](CN)O1. The number of amides is 1. The van der Waals surface area contributed by atoms with Crippen LogP contribution < -0.4 is 11.1 Å². The Balaban J connectivity index is 2.01. The van der Waals surface area contributed by atoms with Crippen molar-refractivity contribution in [1.82, 2.24) is 0 Å². The number of halogens is 1. The summed E-state index contributed by atoms with van der Waals surface area (Å²) in [5.74, 6) is -0.128. The molecule has 5 heteroatoms. The van der Waals surface area contributed by atoms with Crippen molar-refractivity contribution in [3.8, 4) is 0 Å². The molecular formula is C13H17ClN2O2. The van der Waals surface area contributed by atoms with Crippen molar-refractivity contribution in [3.63, 3.8) is 0 Å². The van der Waals surface area contributed by atoms with E-state index in [0.29, 0.717) is 18.0 Å². The number of benzene rings is 1. The predicted molar refractivity (Wildman–Crippen MR) is 71.8 cm³/mol. The van der Waals surface area contributed by atoms with E-state index in [1.54, 1.807) is 6.07 Å². The van der Waals surface area contributed by atoms with E-state index < -0.39 is 6.10 Å². The van der Waals surface area contributed by atoms with Crippen molar-refractivity contribution in [3.05, 3.63) is 28.8 Å². The van der Waals surface area contributed by atoms with Gasteiger partial charge in [0.2, 0.25) is 0 Å². The standard InChI is InChI=1S/C13H17ClN2O2/c1-8-10(14)3-2-4-11(8)16-13(17)12-6-5-9(7-15)18-12/h2-4,9,12H,5-7,15H2,1H3,(H,16,17)/t9-,12+/m1/s1. The number of ether oxygens (including phenoxy) is 1. The average molecular weight is 269 g/mol. The molecule has 3 N–H and O–H groups in total. The van der Waals surface area contributed by atoms with E-state index in [9.17, 15) is 4.79 Å². The highest BCUT2D eigenvalue weighted by Crippen LogP contribution is 2.25. The molecule has 0 spiro atoms. The molecule has 4 nitrogen and oxygen atoms in total. The number of hydrogen-bond donors (Lipinski definition) is 2. The molecule has 1 aliphatic rings. The topological polar surface area (TPSA) is 64.4 Å². The van der Waals surface area contributed by atoms with Gasteiger partial charge in [-0.15, -0.1) is 0 Å². The maximum absolute atomic E-state index is 12.0. The van der Waals surface area contributed by atoms with Gasteiger partial charge in [0.15, 0.2) is 0 Å². The minimum atomic E-state index is -0.406. The van der Waals surface area contributed by atoms with Crippen LogP contribution in [0.25, 0.3) is 0 Å². The van der Waals surface area contributed by atoms with E-state index in [1.807, 2.05) is 19.1 Å². The third-order valence-corrected chi connectivity index (χ3v) is 3.60. The fourth-order valence-corrected chi connectivity index (χ4v) is 2.20. The molecule has 0 unspecified atom stereocenters. The van der Waals surface area contributed by atoms with Gasteiger partial charge in [0.05, 0.1) is 6.10 Å². The number of carbonyl (C=O) groups excluding carboxylic acids is 1. The Morgan fingerprint density at radius 1 is 1.56 bits per heavy atom. The highest BCUT2D eigenvalue weighted by molar-refractivity contribution is 6.31. The molecular weight excluding hydrogens is 252 g/mol. The van der Waals surface area contributed by atoms with Crippen LogP contribution in [0.4, 0.5) is 5.69 Å². The minimum absolute atomic E-state index is 0.00112. The number of carbonyl (C=O) groups is 1. The normalized spacial score (nSPS) is 23.1. The minimum Gasteiger partial charge on any atom is -0.364 e. The van der Waals surface area contributed by atoms with Crippen LogP contribution in [0.3, 0.4) is 0 Å². The van der Waals surface area contributed by atoms with Crippen LogP contribution in [0.2, 0.25) is 5.02 Å². The van der Waals surface area contributed by atoms with Gasteiger partial charge in [-0.05, 0) is 37.5 Å². The van der Waals surface area contributed by atoms with Crippen molar-refractivity contribution in [2.24, 2.45) is 5.73 Å². The molecule has 0 saturated carbocycles. The fourth-order valence-electron chi connectivity index (χ4n) is 2.03. The smallest absolute Gasteiger partial charge is 0.253 e. The number of nitrogens with one attached hydrogen (secondary N) is 1. The first-order valence-corrected chi connectivity index (χ1v) is 6.41. The van der Waals surface area contributed by atoms with Crippen LogP contribution in [0.1, 0.15) is 18.4 Å². The van der Waals surface area contributed by atoms with Crippen LogP contribution in [0.15, 0.2) is 18.2 Å². The van der Waals surface area contributed by atoms with Gasteiger partial charge in [-0.2, -0.15) is 0 Å². The summed E-state index contributed by atoms with van der Waals surface area (Å²) in [5, 5.41) is 3.49. The number of hydrogen-bond acceptors (Lipinski definition) is 3. The molecule has 0 aromatic heterocycles. The summed E-state index contributed by atoms with van der Waals surface area (Å²) in [7, 11) is 0. The molecule has 0 aliphatic carbocycles. The molecule has 2 rings (SSSR count). The van der Waals surface area contributed by atoms with Gasteiger partial charge in [0.1, 0.15) is 6.10 Å². The van der Waals surface area contributed by atoms with E-state index in [-0.39, 0.29) is 12.0 Å². The van der Waals surface area contributed by atoms with Gasteiger partial charge in [-0.1, -0.05) is 17.7 Å². The molecule has 1 heterocycles. The molecule has 1 amide bonds. The molecule has 1 fully saturated rings. The van der Waals surface area contributed by atoms with Crippen molar-refractivity contribution >= 4 is 23.2 Å². The summed E-state index contributed by atoms with van der Waals surface area (Å²) in [6.07, 6.45) is 1.15.